The minimum absolute atomic E-state index is 0.0513. The van der Waals surface area contributed by atoms with E-state index in [0.29, 0.717) is 10.6 Å². The number of likely N-dealkylation sites (N-methyl/N-ethyl adjacent to an activating group) is 1. The highest BCUT2D eigenvalue weighted by Crippen LogP contribution is 2.19. The summed E-state index contributed by atoms with van der Waals surface area (Å²) in [7, 11) is 1.38. The Kier molecular flexibility index (Phi) is 7.45. The molecular weight excluding hydrogens is 435 g/mol. The van der Waals surface area contributed by atoms with Crippen LogP contribution >= 0.6 is 11.3 Å². The van der Waals surface area contributed by atoms with Crippen LogP contribution in [0.25, 0.3) is 0 Å². The quantitative estimate of drug-likeness (QED) is 0.416. The minimum atomic E-state index is -0.817. The molecule has 3 rings (SSSR count). The number of anilines is 1. The van der Waals surface area contributed by atoms with Crippen LogP contribution in [0.5, 0.6) is 0 Å². The van der Waals surface area contributed by atoms with E-state index in [1.54, 1.807) is 29.6 Å². The average Bonchev–Trinajstić information content (AvgIpc) is 3.33. The van der Waals surface area contributed by atoms with Crippen LogP contribution < -0.4 is 5.32 Å². The molecule has 0 atom stereocenters. The smallest absolute Gasteiger partial charge is 0.339 e. The van der Waals surface area contributed by atoms with Crippen molar-refractivity contribution in [2.75, 3.05) is 25.5 Å². The molecule has 1 aromatic heterocycles. The number of halogens is 1. The lowest BCUT2D eigenvalue weighted by Crippen LogP contribution is -2.37. The lowest BCUT2D eigenvalue weighted by atomic mass is 10.0. The van der Waals surface area contributed by atoms with E-state index in [1.807, 2.05) is 0 Å². The number of carbonyl (C=O) groups is 4. The fraction of sp³-hybridized carbons (Fsp3) is 0.130. The first-order chi connectivity index (χ1) is 15.3. The molecule has 0 aliphatic carbocycles. The number of esters is 1. The fourth-order valence-electron chi connectivity index (χ4n) is 2.75. The number of benzene rings is 2. The third-order valence-electron chi connectivity index (χ3n) is 4.40. The van der Waals surface area contributed by atoms with Crippen LogP contribution in [0.1, 0.15) is 25.6 Å². The van der Waals surface area contributed by atoms with Gasteiger partial charge in [-0.3, -0.25) is 14.4 Å². The Morgan fingerprint density at radius 2 is 1.66 bits per heavy atom. The zero-order chi connectivity index (χ0) is 23.1. The Hall–Kier alpha value is -3.85. The van der Waals surface area contributed by atoms with Crippen molar-refractivity contribution in [3.8, 4) is 0 Å². The second kappa shape index (κ2) is 10.5. The summed E-state index contributed by atoms with van der Waals surface area (Å²) in [6, 6.07) is 14.8. The van der Waals surface area contributed by atoms with E-state index >= 15 is 0 Å². The molecule has 0 fully saturated rings. The number of hydrogen-bond donors (Lipinski definition) is 1. The highest BCUT2D eigenvalue weighted by molar-refractivity contribution is 7.12. The van der Waals surface area contributed by atoms with Crippen LogP contribution in [-0.4, -0.2) is 48.7 Å². The summed E-state index contributed by atoms with van der Waals surface area (Å²) in [5.41, 5.74) is 0.616. The van der Waals surface area contributed by atoms with Gasteiger partial charge in [0.25, 0.3) is 5.91 Å². The van der Waals surface area contributed by atoms with Gasteiger partial charge >= 0.3 is 5.97 Å². The summed E-state index contributed by atoms with van der Waals surface area (Å²) in [6.07, 6.45) is 0. The molecule has 2 aromatic carbocycles. The van der Waals surface area contributed by atoms with Gasteiger partial charge in [-0.1, -0.05) is 24.3 Å². The van der Waals surface area contributed by atoms with E-state index in [1.165, 1.54) is 54.8 Å². The second-order valence-corrected chi connectivity index (χ2v) is 7.68. The first-order valence-corrected chi connectivity index (χ1v) is 10.4. The van der Waals surface area contributed by atoms with Crippen LogP contribution in [0, 0.1) is 5.82 Å². The van der Waals surface area contributed by atoms with Crippen molar-refractivity contribution < 1.29 is 28.3 Å². The Morgan fingerprint density at radius 1 is 0.969 bits per heavy atom. The van der Waals surface area contributed by atoms with E-state index in [0.717, 1.165) is 4.90 Å². The van der Waals surface area contributed by atoms with Crippen molar-refractivity contribution in [3.63, 3.8) is 0 Å². The zero-order valence-corrected chi connectivity index (χ0v) is 17.9. The van der Waals surface area contributed by atoms with Gasteiger partial charge in [0.2, 0.25) is 11.7 Å². The molecule has 0 radical (unpaired) electrons. The number of ketones is 1. The number of thiophene rings is 1. The summed E-state index contributed by atoms with van der Waals surface area (Å²) in [5, 5.41) is 4.29. The highest BCUT2D eigenvalue weighted by Gasteiger charge is 2.21. The zero-order valence-electron chi connectivity index (χ0n) is 17.0. The molecule has 32 heavy (non-hydrogen) atoms. The first-order valence-electron chi connectivity index (χ1n) is 9.49. The summed E-state index contributed by atoms with van der Waals surface area (Å²) in [4.78, 5) is 51.0. The molecule has 0 aliphatic heterocycles. The van der Waals surface area contributed by atoms with Gasteiger partial charge < -0.3 is 15.0 Å². The van der Waals surface area contributed by atoms with Crippen LogP contribution in [0.2, 0.25) is 0 Å². The maximum Gasteiger partial charge on any atom is 0.339 e. The maximum absolute atomic E-state index is 12.9. The van der Waals surface area contributed by atoms with Crippen molar-refractivity contribution in [2.45, 2.75) is 0 Å². The fourth-order valence-corrected chi connectivity index (χ4v) is 3.43. The summed E-state index contributed by atoms with van der Waals surface area (Å²) in [5.74, 6) is -2.66. The lowest BCUT2D eigenvalue weighted by molar-refractivity contribution is -0.136. The molecule has 9 heteroatoms. The molecular formula is C23H19FN2O5S. The second-order valence-electron chi connectivity index (χ2n) is 6.73. The predicted molar refractivity (Wildman–Crippen MR) is 117 cm³/mol. The highest BCUT2D eigenvalue weighted by atomic mass is 32.1. The lowest BCUT2D eigenvalue weighted by Gasteiger charge is -2.17. The number of rotatable bonds is 8. The van der Waals surface area contributed by atoms with Crippen molar-refractivity contribution in [2.24, 2.45) is 0 Å². The SMILES string of the molecule is CN(CC(=O)Nc1ccc(F)cc1)C(=O)COC(=O)c1ccccc1C(=O)c1cccs1. The Bertz CT molecular complexity index is 1130. The number of nitrogens with one attached hydrogen (secondary N) is 1. The third kappa shape index (κ3) is 5.86. The normalized spacial score (nSPS) is 10.3. The molecule has 164 valence electrons. The number of ether oxygens (including phenoxy) is 1. The molecule has 1 heterocycles. The number of nitrogens with zero attached hydrogens (tertiary/aromatic N) is 1. The third-order valence-corrected chi connectivity index (χ3v) is 5.27. The first kappa shape index (κ1) is 22.8. The Morgan fingerprint density at radius 3 is 2.31 bits per heavy atom. The number of amides is 2. The molecule has 0 bridgehead atoms. The Balaban J connectivity index is 1.55. The summed E-state index contributed by atoms with van der Waals surface area (Å²) < 4.78 is 18.0. The predicted octanol–water partition coefficient (Wildman–Crippen LogP) is 3.37. The molecule has 7 nitrogen and oxygen atoms in total. The monoisotopic (exact) mass is 454 g/mol. The number of hydrogen-bond acceptors (Lipinski definition) is 6. The van der Waals surface area contributed by atoms with E-state index in [9.17, 15) is 23.6 Å². The molecule has 0 saturated heterocycles. The number of carbonyl (C=O) groups excluding carboxylic acids is 4. The van der Waals surface area contributed by atoms with Gasteiger partial charge in [0, 0.05) is 18.3 Å². The van der Waals surface area contributed by atoms with E-state index in [2.05, 4.69) is 5.32 Å². The van der Waals surface area contributed by atoms with Gasteiger partial charge in [0.15, 0.2) is 6.61 Å². The molecule has 0 aliphatic rings. The van der Waals surface area contributed by atoms with Gasteiger partial charge in [0.1, 0.15) is 5.82 Å². The van der Waals surface area contributed by atoms with Gasteiger partial charge in [-0.15, -0.1) is 11.3 Å². The molecule has 0 unspecified atom stereocenters. The minimum Gasteiger partial charge on any atom is -0.452 e. The van der Waals surface area contributed by atoms with Gasteiger partial charge in [-0.2, -0.15) is 0 Å². The van der Waals surface area contributed by atoms with Crippen molar-refractivity contribution in [1.82, 2.24) is 4.90 Å². The van der Waals surface area contributed by atoms with E-state index in [4.69, 9.17) is 4.74 Å². The van der Waals surface area contributed by atoms with Crippen molar-refractivity contribution in [3.05, 3.63) is 87.9 Å². The molecule has 2 amide bonds. The molecule has 1 N–H and O–H groups in total. The maximum atomic E-state index is 12.9. The van der Waals surface area contributed by atoms with Crippen LogP contribution in [-0.2, 0) is 14.3 Å². The molecule has 3 aromatic rings. The standard InChI is InChI=1S/C23H19FN2O5S/c1-26(13-20(27)25-16-10-8-15(24)9-11-16)21(28)14-31-23(30)18-6-3-2-5-17(18)22(29)19-7-4-12-32-19/h2-12H,13-14H2,1H3,(H,25,27). The molecule has 0 spiro atoms. The van der Waals surface area contributed by atoms with Gasteiger partial charge in [-0.25, -0.2) is 9.18 Å². The van der Waals surface area contributed by atoms with Crippen molar-refractivity contribution >= 4 is 40.6 Å². The summed E-state index contributed by atoms with van der Waals surface area (Å²) in [6.45, 7) is -0.887. The van der Waals surface area contributed by atoms with E-state index in [-0.39, 0.29) is 23.5 Å². The van der Waals surface area contributed by atoms with Crippen LogP contribution in [0.15, 0.2) is 66.0 Å². The van der Waals surface area contributed by atoms with Crippen molar-refractivity contribution in [1.29, 1.82) is 0 Å². The van der Waals surface area contributed by atoms with Crippen LogP contribution in [0.4, 0.5) is 10.1 Å². The van der Waals surface area contributed by atoms with E-state index < -0.39 is 30.2 Å². The summed E-state index contributed by atoms with van der Waals surface area (Å²) >= 11 is 1.26. The topological polar surface area (TPSA) is 92.8 Å². The average molecular weight is 454 g/mol. The Labute approximate surface area is 187 Å². The molecule has 0 saturated carbocycles. The van der Waals surface area contributed by atoms with Crippen LogP contribution in [0.3, 0.4) is 0 Å². The largest absolute Gasteiger partial charge is 0.452 e. The van der Waals surface area contributed by atoms with Gasteiger partial charge in [0.05, 0.1) is 17.0 Å². The van der Waals surface area contributed by atoms with Gasteiger partial charge in [-0.05, 0) is 41.8 Å².